The maximum absolute atomic E-state index is 13.7. The van der Waals surface area contributed by atoms with E-state index in [1.165, 1.54) is 20.9 Å². The predicted molar refractivity (Wildman–Crippen MR) is 171 cm³/mol. The van der Waals surface area contributed by atoms with Gasteiger partial charge < -0.3 is 24.4 Å². The number of ether oxygens (including phenoxy) is 1. The average Bonchev–Trinajstić information content (AvgIpc) is 3.64. The molecule has 0 fully saturated rings. The zero-order valence-electron chi connectivity index (χ0n) is 27.4. The molecule has 4 rings (SSSR count). The van der Waals surface area contributed by atoms with Crippen molar-refractivity contribution in [2.24, 2.45) is 0 Å². The molecule has 0 radical (unpaired) electrons. The third kappa shape index (κ3) is 8.81. The second-order valence-electron chi connectivity index (χ2n) is 12.1. The number of aromatic nitrogens is 2. The van der Waals surface area contributed by atoms with Gasteiger partial charge in [-0.15, -0.1) is 0 Å². The van der Waals surface area contributed by atoms with Crippen LogP contribution in [-0.2, 0) is 33.8 Å². The van der Waals surface area contributed by atoms with Gasteiger partial charge in [0.05, 0.1) is 6.54 Å². The predicted octanol–water partition coefficient (Wildman–Crippen LogP) is 4.49. The lowest BCUT2D eigenvalue weighted by atomic mass is 10.1. The van der Waals surface area contributed by atoms with E-state index in [-0.39, 0.29) is 38.0 Å². The minimum Gasteiger partial charge on any atom is -0.444 e. The number of anilines is 1. The molecule has 0 aliphatic carbocycles. The van der Waals surface area contributed by atoms with Gasteiger partial charge in [-0.25, -0.2) is 9.80 Å². The molecule has 0 spiro atoms. The summed E-state index contributed by atoms with van der Waals surface area (Å²) < 4.78 is 10.7. The highest BCUT2D eigenvalue weighted by Crippen LogP contribution is 2.25. The van der Waals surface area contributed by atoms with E-state index in [1.54, 1.807) is 19.0 Å². The first-order chi connectivity index (χ1) is 21.4. The van der Waals surface area contributed by atoms with Crippen LogP contribution in [0, 0.1) is 6.92 Å². The second kappa shape index (κ2) is 14.6. The average molecular weight is 620 g/mol. The summed E-state index contributed by atoms with van der Waals surface area (Å²) in [7, 11) is 1.73. The number of aryl methyl sites for hydroxylation is 2. The van der Waals surface area contributed by atoms with Gasteiger partial charge in [0, 0.05) is 57.9 Å². The number of nitrogens with zero attached hydrogens (tertiary/aromatic N) is 6. The summed E-state index contributed by atoms with van der Waals surface area (Å²) in [5, 5.41) is 10.8. The third-order valence-electron chi connectivity index (χ3n) is 7.67. The van der Waals surface area contributed by atoms with E-state index in [4.69, 9.17) is 9.26 Å². The molecular weight excluding hydrogens is 574 g/mol. The monoisotopic (exact) mass is 619 g/mol. The summed E-state index contributed by atoms with van der Waals surface area (Å²) in [4.78, 5) is 47.4. The number of hydrogen-bond donors (Lipinski definition) is 1. The van der Waals surface area contributed by atoms with Crippen molar-refractivity contribution in [1.82, 2.24) is 30.0 Å². The van der Waals surface area contributed by atoms with Crippen molar-refractivity contribution in [2.75, 3.05) is 45.1 Å². The third-order valence-corrected chi connectivity index (χ3v) is 7.67. The van der Waals surface area contributed by atoms with Crippen LogP contribution >= 0.6 is 0 Å². The van der Waals surface area contributed by atoms with E-state index in [1.807, 2.05) is 70.0 Å². The Labute approximate surface area is 265 Å². The molecule has 3 aromatic rings. The maximum atomic E-state index is 13.7. The first-order valence-corrected chi connectivity index (χ1v) is 15.4. The van der Waals surface area contributed by atoms with Crippen molar-refractivity contribution in [3.05, 3.63) is 65.0 Å². The Morgan fingerprint density at radius 3 is 2.24 bits per heavy atom. The minimum atomic E-state index is -0.651. The van der Waals surface area contributed by atoms with Crippen molar-refractivity contribution in [2.45, 2.75) is 66.7 Å². The largest absolute Gasteiger partial charge is 0.444 e. The highest BCUT2D eigenvalue weighted by molar-refractivity contribution is 5.87. The Morgan fingerprint density at radius 1 is 1.00 bits per heavy atom. The Kier molecular flexibility index (Phi) is 10.8. The molecule has 2 aromatic carbocycles. The van der Waals surface area contributed by atoms with Gasteiger partial charge in [0.15, 0.2) is 0 Å². The van der Waals surface area contributed by atoms with E-state index in [9.17, 15) is 14.4 Å². The second-order valence-corrected chi connectivity index (χ2v) is 12.1. The summed E-state index contributed by atoms with van der Waals surface area (Å²) in [5.41, 5.74) is 4.25. The molecule has 0 saturated carbocycles. The standard InChI is InChI=1S/C33H45N7O5/c1-8-24-14-15-25(31-35-23(3)45-36-31)18-28(24)34-19-29(41)39(17-16-38(9-2)32(43)44-33(4,5)6)22-30(42)37(7)40-20-26-12-10-11-13-27(26)21-40/h10-15,18,34H,8-9,16-17,19-22H2,1-7H3. The van der Waals surface area contributed by atoms with Gasteiger partial charge >= 0.3 is 6.09 Å². The number of carbonyl (C=O) groups is 3. The molecule has 12 heteroatoms. The Morgan fingerprint density at radius 2 is 1.67 bits per heavy atom. The zero-order valence-corrected chi connectivity index (χ0v) is 27.4. The summed E-state index contributed by atoms with van der Waals surface area (Å²) in [6.07, 6.45) is 0.282. The van der Waals surface area contributed by atoms with Gasteiger partial charge in [0.2, 0.25) is 17.6 Å². The normalized spacial score (nSPS) is 12.9. The van der Waals surface area contributed by atoms with Crippen molar-refractivity contribution in [1.29, 1.82) is 0 Å². The van der Waals surface area contributed by atoms with Crippen LogP contribution in [0.1, 0.15) is 57.2 Å². The quantitative estimate of drug-likeness (QED) is 0.312. The summed E-state index contributed by atoms with van der Waals surface area (Å²) in [6, 6.07) is 13.9. The molecule has 1 aliphatic heterocycles. The van der Waals surface area contributed by atoms with E-state index < -0.39 is 11.7 Å². The number of benzene rings is 2. The van der Waals surface area contributed by atoms with Gasteiger partial charge in [-0.2, -0.15) is 4.98 Å². The van der Waals surface area contributed by atoms with Crippen LogP contribution in [0.4, 0.5) is 10.5 Å². The fourth-order valence-electron chi connectivity index (χ4n) is 5.08. The summed E-state index contributed by atoms with van der Waals surface area (Å²) in [5.74, 6) is 0.431. The SMILES string of the molecule is CCc1ccc(-c2noc(C)n2)cc1NCC(=O)N(CCN(CC)C(=O)OC(C)(C)C)CC(=O)N(C)N1Cc2ccccc2C1. The number of likely N-dealkylation sites (N-methyl/N-ethyl adjacent to an activating group) is 2. The Balaban J connectivity index is 1.48. The molecule has 2 heterocycles. The first-order valence-electron chi connectivity index (χ1n) is 15.4. The van der Waals surface area contributed by atoms with E-state index in [2.05, 4.69) is 27.6 Å². The molecule has 0 atom stereocenters. The molecule has 0 bridgehead atoms. The fraction of sp³-hybridized carbons (Fsp3) is 0.485. The van der Waals surface area contributed by atoms with Crippen LogP contribution in [0.25, 0.3) is 11.4 Å². The fourth-order valence-corrected chi connectivity index (χ4v) is 5.08. The lowest BCUT2D eigenvalue weighted by molar-refractivity contribution is -0.151. The molecule has 45 heavy (non-hydrogen) atoms. The van der Waals surface area contributed by atoms with Crippen LogP contribution in [0.15, 0.2) is 47.0 Å². The molecule has 0 saturated heterocycles. The van der Waals surface area contributed by atoms with Crippen LogP contribution in [0.2, 0.25) is 0 Å². The molecule has 1 N–H and O–H groups in total. The molecule has 0 unspecified atom stereocenters. The lowest BCUT2D eigenvalue weighted by Crippen LogP contribution is -2.50. The van der Waals surface area contributed by atoms with Gasteiger partial charge in [-0.05, 0) is 56.9 Å². The van der Waals surface area contributed by atoms with Gasteiger partial charge in [-0.3, -0.25) is 14.6 Å². The number of hydrogen-bond acceptors (Lipinski definition) is 9. The first kappa shape index (κ1) is 33.4. The molecule has 1 aromatic heterocycles. The van der Waals surface area contributed by atoms with Crippen molar-refractivity contribution >= 4 is 23.6 Å². The van der Waals surface area contributed by atoms with Crippen molar-refractivity contribution < 1.29 is 23.6 Å². The lowest BCUT2D eigenvalue weighted by Gasteiger charge is -2.32. The molecule has 242 valence electrons. The van der Waals surface area contributed by atoms with Crippen LogP contribution in [0.3, 0.4) is 0 Å². The van der Waals surface area contributed by atoms with Crippen molar-refractivity contribution in [3.8, 4) is 11.4 Å². The van der Waals surface area contributed by atoms with Crippen LogP contribution in [-0.4, -0.2) is 93.2 Å². The number of carbonyl (C=O) groups excluding carboxylic acids is 3. The topological polar surface area (TPSA) is 124 Å². The number of hydrazine groups is 1. The van der Waals surface area contributed by atoms with E-state index >= 15 is 0 Å². The van der Waals surface area contributed by atoms with Crippen molar-refractivity contribution in [3.63, 3.8) is 0 Å². The van der Waals surface area contributed by atoms with Gasteiger partial charge in [-0.1, -0.05) is 48.5 Å². The van der Waals surface area contributed by atoms with Crippen LogP contribution in [0.5, 0.6) is 0 Å². The summed E-state index contributed by atoms with van der Waals surface area (Å²) >= 11 is 0. The molecule has 3 amide bonds. The Bertz CT molecular complexity index is 1470. The molecule has 12 nitrogen and oxygen atoms in total. The van der Waals surface area contributed by atoms with Gasteiger partial charge in [0.1, 0.15) is 12.1 Å². The maximum Gasteiger partial charge on any atom is 0.410 e. The molecular formula is C33H45N7O5. The van der Waals surface area contributed by atoms with E-state index in [0.29, 0.717) is 31.3 Å². The highest BCUT2D eigenvalue weighted by Gasteiger charge is 2.28. The zero-order chi connectivity index (χ0) is 32.7. The molecule has 1 aliphatic rings. The van der Waals surface area contributed by atoms with Crippen LogP contribution < -0.4 is 5.32 Å². The number of amides is 3. The van der Waals surface area contributed by atoms with Gasteiger partial charge in [0.25, 0.3) is 5.91 Å². The highest BCUT2D eigenvalue weighted by atomic mass is 16.6. The number of nitrogens with one attached hydrogen (secondary N) is 1. The minimum absolute atomic E-state index is 0.0492. The number of rotatable bonds is 12. The Hall–Kier alpha value is -4.45. The summed E-state index contributed by atoms with van der Waals surface area (Å²) in [6.45, 7) is 12.9. The number of fused-ring (bicyclic) bond motifs is 1. The van der Waals surface area contributed by atoms with E-state index in [0.717, 1.165) is 23.2 Å². The smallest absolute Gasteiger partial charge is 0.410 e.